The number of nitrogens with one attached hydrogen (secondary N) is 2. The standard InChI is InChI=1S/C17H16N4OS/c1-12-11-23-16(20-12)14-4-6-15(7-5-14)21-17(22)19-10-13-3-2-8-18-9-13/h2-9,11H,10H2,1H3,(H2,19,21,22). The Hall–Kier alpha value is -2.73. The van der Waals surface area contributed by atoms with E-state index >= 15 is 0 Å². The second kappa shape index (κ2) is 7.02. The topological polar surface area (TPSA) is 66.9 Å². The van der Waals surface area contributed by atoms with Crippen LogP contribution < -0.4 is 10.6 Å². The number of hydrogen-bond donors (Lipinski definition) is 2. The van der Waals surface area contributed by atoms with Gasteiger partial charge < -0.3 is 10.6 Å². The van der Waals surface area contributed by atoms with E-state index in [1.807, 2.05) is 48.7 Å². The molecule has 3 rings (SSSR count). The zero-order valence-corrected chi connectivity index (χ0v) is 13.4. The fourth-order valence-electron chi connectivity index (χ4n) is 2.04. The van der Waals surface area contributed by atoms with Gasteiger partial charge in [0.15, 0.2) is 0 Å². The maximum absolute atomic E-state index is 11.9. The third kappa shape index (κ3) is 4.14. The number of aryl methyl sites for hydroxylation is 1. The molecule has 2 N–H and O–H groups in total. The van der Waals surface area contributed by atoms with Crippen molar-refractivity contribution in [3.63, 3.8) is 0 Å². The number of nitrogens with zero attached hydrogens (tertiary/aromatic N) is 2. The van der Waals surface area contributed by atoms with Crippen molar-refractivity contribution >= 4 is 23.1 Å². The van der Waals surface area contributed by atoms with Gasteiger partial charge in [0.1, 0.15) is 5.01 Å². The molecule has 0 aliphatic heterocycles. The second-order valence-electron chi connectivity index (χ2n) is 5.04. The molecule has 0 saturated carbocycles. The van der Waals surface area contributed by atoms with E-state index in [1.165, 1.54) is 0 Å². The number of amides is 2. The predicted octanol–water partition coefficient (Wildman–Crippen LogP) is 3.84. The lowest BCUT2D eigenvalue weighted by molar-refractivity contribution is 0.251. The van der Waals surface area contributed by atoms with Crippen LogP contribution in [0.5, 0.6) is 0 Å². The second-order valence-corrected chi connectivity index (χ2v) is 5.90. The van der Waals surface area contributed by atoms with Crippen molar-refractivity contribution in [1.82, 2.24) is 15.3 Å². The lowest BCUT2D eigenvalue weighted by atomic mass is 10.2. The van der Waals surface area contributed by atoms with Crippen molar-refractivity contribution < 1.29 is 4.79 Å². The molecule has 2 amide bonds. The minimum Gasteiger partial charge on any atom is -0.334 e. The Kier molecular flexibility index (Phi) is 4.63. The number of rotatable bonds is 4. The van der Waals surface area contributed by atoms with Gasteiger partial charge in [-0.05, 0) is 42.8 Å². The molecule has 0 saturated heterocycles. The lowest BCUT2D eigenvalue weighted by Gasteiger charge is -2.08. The molecule has 5 nitrogen and oxygen atoms in total. The molecule has 6 heteroatoms. The minimum atomic E-state index is -0.244. The molecule has 0 aliphatic carbocycles. The van der Waals surface area contributed by atoms with Crippen LogP contribution in [0.3, 0.4) is 0 Å². The number of hydrogen-bond acceptors (Lipinski definition) is 4. The van der Waals surface area contributed by atoms with Crippen LogP contribution in [0.1, 0.15) is 11.3 Å². The smallest absolute Gasteiger partial charge is 0.319 e. The molecule has 3 aromatic rings. The summed E-state index contributed by atoms with van der Waals surface area (Å²) in [5, 5.41) is 8.61. The van der Waals surface area contributed by atoms with Crippen LogP contribution in [0.2, 0.25) is 0 Å². The van der Waals surface area contributed by atoms with Crippen molar-refractivity contribution in [3.8, 4) is 10.6 Å². The highest BCUT2D eigenvalue weighted by Crippen LogP contribution is 2.24. The molecular weight excluding hydrogens is 308 g/mol. The highest BCUT2D eigenvalue weighted by Gasteiger charge is 2.05. The Morgan fingerprint density at radius 3 is 2.70 bits per heavy atom. The SMILES string of the molecule is Cc1csc(-c2ccc(NC(=O)NCc3cccnc3)cc2)n1. The molecule has 2 aromatic heterocycles. The van der Waals surface area contributed by atoms with Gasteiger partial charge in [-0.1, -0.05) is 6.07 Å². The van der Waals surface area contributed by atoms with E-state index in [0.717, 1.165) is 27.5 Å². The van der Waals surface area contributed by atoms with Crippen molar-refractivity contribution in [1.29, 1.82) is 0 Å². The number of urea groups is 1. The molecule has 116 valence electrons. The Balaban J connectivity index is 1.56. The maximum atomic E-state index is 11.9. The summed E-state index contributed by atoms with van der Waals surface area (Å²) < 4.78 is 0. The Morgan fingerprint density at radius 1 is 1.22 bits per heavy atom. The summed E-state index contributed by atoms with van der Waals surface area (Å²) in [4.78, 5) is 20.3. The highest BCUT2D eigenvalue weighted by molar-refractivity contribution is 7.13. The van der Waals surface area contributed by atoms with Crippen LogP contribution in [0.4, 0.5) is 10.5 Å². The molecule has 0 unspecified atom stereocenters. The largest absolute Gasteiger partial charge is 0.334 e. The summed E-state index contributed by atoms with van der Waals surface area (Å²) in [5.74, 6) is 0. The van der Waals surface area contributed by atoms with E-state index in [0.29, 0.717) is 6.54 Å². The van der Waals surface area contributed by atoms with Gasteiger partial charge in [0.2, 0.25) is 0 Å². The van der Waals surface area contributed by atoms with E-state index in [4.69, 9.17) is 0 Å². The summed E-state index contributed by atoms with van der Waals surface area (Å²) in [5.41, 5.74) is 3.76. The molecule has 1 aromatic carbocycles. The number of aromatic nitrogens is 2. The van der Waals surface area contributed by atoms with Crippen LogP contribution in [-0.2, 0) is 6.54 Å². The lowest BCUT2D eigenvalue weighted by Crippen LogP contribution is -2.28. The summed E-state index contributed by atoms with van der Waals surface area (Å²) >= 11 is 1.61. The van der Waals surface area contributed by atoms with E-state index in [9.17, 15) is 4.79 Å². The molecule has 2 heterocycles. The van der Waals surface area contributed by atoms with E-state index < -0.39 is 0 Å². The van der Waals surface area contributed by atoms with E-state index in [-0.39, 0.29) is 6.03 Å². The zero-order chi connectivity index (χ0) is 16.1. The molecule has 0 aliphatic rings. The number of thiazole rings is 1. The van der Waals surface area contributed by atoms with Crippen molar-refractivity contribution in [2.24, 2.45) is 0 Å². The van der Waals surface area contributed by atoms with Gasteiger partial charge in [0, 0.05) is 41.3 Å². The number of anilines is 1. The minimum absolute atomic E-state index is 0.244. The van der Waals surface area contributed by atoms with Gasteiger partial charge in [-0.25, -0.2) is 9.78 Å². The van der Waals surface area contributed by atoms with Gasteiger partial charge in [-0.2, -0.15) is 0 Å². The molecule has 0 atom stereocenters. The molecule has 0 spiro atoms. The molecule has 23 heavy (non-hydrogen) atoms. The molecule has 0 radical (unpaired) electrons. The fraction of sp³-hybridized carbons (Fsp3) is 0.118. The summed E-state index contributed by atoms with van der Waals surface area (Å²) in [6.45, 7) is 2.42. The first-order valence-electron chi connectivity index (χ1n) is 7.17. The highest BCUT2D eigenvalue weighted by atomic mass is 32.1. The van der Waals surface area contributed by atoms with Gasteiger partial charge in [-0.3, -0.25) is 4.98 Å². The Morgan fingerprint density at radius 2 is 2.04 bits per heavy atom. The van der Waals surface area contributed by atoms with Gasteiger partial charge in [0.25, 0.3) is 0 Å². The van der Waals surface area contributed by atoms with Crippen LogP contribution in [0, 0.1) is 6.92 Å². The van der Waals surface area contributed by atoms with E-state index in [2.05, 4.69) is 20.6 Å². The number of carbonyl (C=O) groups excluding carboxylic acids is 1. The monoisotopic (exact) mass is 324 g/mol. The van der Waals surface area contributed by atoms with Gasteiger partial charge in [-0.15, -0.1) is 11.3 Å². The zero-order valence-electron chi connectivity index (χ0n) is 12.6. The molecular formula is C17H16N4OS. The number of benzene rings is 1. The van der Waals surface area contributed by atoms with Crippen LogP contribution in [0.25, 0.3) is 10.6 Å². The van der Waals surface area contributed by atoms with Gasteiger partial charge >= 0.3 is 6.03 Å². The number of pyridine rings is 1. The third-order valence-electron chi connectivity index (χ3n) is 3.18. The molecule has 0 bridgehead atoms. The average molecular weight is 324 g/mol. The van der Waals surface area contributed by atoms with Crippen molar-refractivity contribution in [3.05, 3.63) is 65.4 Å². The summed E-state index contributed by atoms with van der Waals surface area (Å²) in [6, 6.07) is 11.2. The maximum Gasteiger partial charge on any atom is 0.319 e. The summed E-state index contributed by atoms with van der Waals surface area (Å²) in [7, 11) is 0. The van der Waals surface area contributed by atoms with Crippen molar-refractivity contribution in [2.45, 2.75) is 13.5 Å². The average Bonchev–Trinajstić information content (AvgIpc) is 3.01. The van der Waals surface area contributed by atoms with Gasteiger partial charge in [0.05, 0.1) is 0 Å². The predicted molar refractivity (Wildman–Crippen MR) is 92.4 cm³/mol. The normalized spacial score (nSPS) is 10.3. The first-order valence-corrected chi connectivity index (χ1v) is 8.05. The third-order valence-corrected chi connectivity index (χ3v) is 4.19. The quantitative estimate of drug-likeness (QED) is 0.766. The van der Waals surface area contributed by atoms with Crippen LogP contribution >= 0.6 is 11.3 Å². The first kappa shape index (κ1) is 15.2. The van der Waals surface area contributed by atoms with E-state index in [1.54, 1.807) is 23.7 Å². The Bertz CT molecular complexity index is 784. The number of carbonyl (C=O) groups is 1. The van der Waals surface area contributed by atoms with Crippen LogP contribution in [0.15, 0.2) is 54.2 Å². The summed E-state index contributed by atoms with van der Waals surface area (Å²) in [6.07, 6.45) is 3.43. The molecule has 0 fully saturated rings. The fourth-order valence-corrected chi connectivity index (χ4v) is 2.85. The first-order chi connectivity index (χ1) is 11.2. The Labute approximate surface area is 138 Å². The van der Waals surface area contributed by atoms with Crippen LogP contribution in [-0.4, -0.2) is 16.0 Å². The van der Waals surface area contributed by atoms with Crippen molar-refractivity contribution in [2.75, 3.05) is 5.32 Å².